The maximum atomic E-state index is 14.0. The number of carbonyl (C=O) groups excluding carboxylic acids is 2. The van der Waals surface area contributed by atoms with Gasteiger partial charge in [0, 0.05) is 6.42 Å². The van der Waals surface area contributed by atoms with Crippen LogP contribution in [0.15, 0.2) is 46.1 Å². The van der Waals surface area contributed by atoms with E-state index in [-0.39, 0.29) is 12.2 Å². The molecule has 0 bridgehead atoms. The smallest absolute Gasteiger partial charge is 0.462 e. The number of para-hydroxylation sites is 1. The molecule has 1 saturated heterocycles. The largest absolute Gasteiger partial charge is 0.509 e. The van der Waals surface area contributed by atoms with Crippen LogP contribution in [0.5, 0.6) is 5.75 Å². The second-order valence-electron chi connectivity index (χ2n) is 10.7. The van der Waals surface area contributed by atoms with Gasteiger partial charge in [0.05, 0.1) is 18.9 Å². The van der Waals surface area contributed by atoms with Crippen LogP contribution in [0.2, 0.25) is 0 Å². The van der Waals surface area contributed by atoms with E-state index in [1.807, 2.05) is 4.98 Å². The third-order valence-electron chi connectivity index (χ3n) is 5.49. The van der Waals surface area contributed by atoms with E-state index in [1.54, 1.807) is 52.8 Å². The monoisotopic (exact) mass is 615 g/mol. The summed E-state index contributed by atoms with van der Waals surface area (Å²) in [5, 5.41) is 2.53. The minimum atomic E-state index is -4.34. The summed E-state index contributed by atoms with van der Waals surface area (Å²) in [6.07, 6.45) is -4.56. The molecule has 2 aromatic rings. The lowest BCUT2D eigenvalue weighted by Gasteiger charge is -2.26. The first-order valence-electron chi connectivity index (χ1n) is 13.1. The van der Waals surface area contributed by atoms with Gasteiger partial charge in [-0.2, -0.15) is 9.48 Å². The summed E-state index contributed by atoms with van der Waals surface area (Å²) in [7, 11) is -4.34. The van der Waals surface area contributed by atoms with Crippen LogP contribution in [0.4, 0.5) is 9.18 Å². The van der Waals surface area contributed by atoms with Gasteiger partial charge in [-0.1, -0.05) is 18.2 Å². The summed E-state index contributed by atoms with van der Waals surface area (Å²) in [6, 6.07) is 6.88. The Bertz CT molecular complexity index is 1410. The van der Waals surface area contributed by atoms with Crippen LogP contribution in [0, 0.1) is 5.82 Å². The normalized spacial score (nSPS) is 20.9. The Balaban J connectivity index is 1.86. The second kappa shape index (κ2) is 13.6. The topological polar surface area (TPSA) is 173 Å². The Hall–Kier alpha value is -3.52. The van der Waals surface area contributed by atoms with Crippen molar-refractivity contribution in [2.24, 2.45) is 0 Å². The van der Waals surface area contributed by atoms with Gasteiger partial charge in [0.2, 0.25) is 5.82 Å². The van der Waals surface area contributed by atoms with Crippen molar-refractivity contribution in [1.82, 2.24) is 14.6 Å². The van der Waals surface area contributed by atoms with Crippen LogP contribution >= 0.6 is 7.75 Å². The molecule has 42 heavy (non-hydrogen) atoms. The molecule has 1 aromatic heterocycles. The summed E-state index contributed by atoms with van der Waals surface area (Å²) >= 11 is 0. The highest BCUT2D eigenvalue weighted by Gasteiger charge is 2.43. The molecule has 0 aliphatic carbocycles. The predicted molar refractivity (Wildman–Crippen MR) is 145 cm³/mol. The van der Waals surface area contributed by atoms with Gasteiger partial charge in [0.15, 0.2) is 0 Å². The van der Waals surface area contributed by atoms with Gasteiger partial charge in [-0.15, -0.1) is 0 Å². The number of hydrogen-bond acceptors (Lipinski definition) is 11. The number of aromatic amines is 1. The number of hydrogen-bond donors (Lipinski definition) is 2. The van der Waals surface area contributed by atoms with Crippen molar-refractivity contribution in [2.45, 2.75) is 84.1 Å². The number of nitrogens with one attached hydrogen (secondary N) is 2. The molecule has 1 aliphatic rings. The number of esters is 1. The summed E-state index contributed by atoms with van der Waals surface area (Å²) in [4.78, 5) is 50.6. The molecule has 5 atom stereocenters. The number of rotatable bonds is 11. The first kappa shape index (κ1) is 33.0. The first-order chi connectivity index (χ1) is 19.5. The molecule has 1 aliphatic heterocycles. The Morgan fingerprint density at radius 3 is 2.48 bits per heavy atom. The third-order valence-corrected chi connectivity index (χ3v) is 7.13. The first-order valence-corrected chi connectivity index (χ1v) is 14.6. The highest BCUT2D eigenvalue weighted by atomic mass is 31.2. The maximum absolute atomic E-state index is 14.0. The van der Waals surface area contributed by atoms with Crippen LogP contribution < -0.4 is 20.9 Å². The van der Waals surface area contributed by atoms with E-state index in [4.69, 9.17) is 28.0 Å². The molecule has 0 radical (unpaired) electrons. The maximum Gasteiger partial charge on any atom is 0.509 e. The van der Waals surface area contributed by atoms with E-state index < -0.39 is 79.7 Å². The lowest BCUT2D eigenvalue weighted by molar-refractivity contribution is -0.149. The molecule has 0 unspecified atom stereocenters. The zero-order valence-electron chi connectivity index (χ0n) is 24.0. The highest BCUT2D eigenvalue weighted by molar-refractivity contribution is 7.52. The van der Waals surface area contributed by atoms with Crippen molar-refractivity contribution in [3.8, 4) is 5.75 Å². The van der Waals surface area contributed by atoms with Crippen molar-refractivity contribution >= 4 is 19.9 Å². The number of ether oxygens (including phenoxy) is 4. The number of halogens is 1. The van der Waals surface area contributed by atoms with E-state index in [0.29, 0.717) is 6.20 Å². The Kier molecular flexibility index (Phi) is 10.7. The fourth-order valence-corrected chi connectivity index (χ4v) is 5.23. The van der Waals surface area contributed by atoms with Gasteiger partial charge >= 0.3 is 25.6 Å². The second-order valence-corrected chi connectivity index (χ2v) is 12.4. The Morgan fingerprint density at radius 2 is 1.86 bits per heavy atom. The van der Waals surface area contributed by atoms with Gasteiger partial charge in [-0.05, 0) is 53.7 Å². The molecule has 1 aromatic carbocycles. The molecule has 3 rings (SSSR count). The number of benzene rings is 1. The van der Waals surface area contributed by atoms with E-state index in [1.165, 1.54) is 19.1 Å². The molecule has 14 nitrogen and oxygen atoms in total. The molecule has 2 heterocycles. The lowest BCUT2D eigenvalue weighted by atomic mass is 10.2. The van der Waals surface area contributed by atoms with Crippen LogP contribution in [-0.2, 0) is 32.8 Å². The molecule has 16 heteroatoms. The minimum absolute atomic E-state index is 0.153. The van der Waals surface area contributed by atoms with Gasteiger partial charge in [-0.25, -0.2) is 14.2 Å². The molecule has 0 spiro atoms. The van der Waals surface area contributed by atoms with Crippen LogP contribution in [0.1, 0.15) is 54.2 Å². The SMILES string of the molecule is CC(C)OC(=O)[C@H](C)N[P@](=O)(OC[C@H]1O[C@@H](n2cc(F)c(=O)[nH]c2=O)C[C@@H]1OC(=O)OC(C)(C)C)Oc1ccccc1. The summed E-state index contributed by atoms with van der Waals surface area (Å²) < 4.78 is 61.5. The van der Waals surface area contributed by atoms with Gasteiger partial charge < -0.3 is 23.5 Å². The van der Waals surface area contributed by atoms with Crippen LogP contribution in [-0.4, -0.2) is 58.2 Å². The quantitative estimate of drug-likeness (QED) is 0.279. The van der Waals surface area contributed by atoms with E-state index in [0.717, 1.165) is 4.57 Å². The van der Waals surface area contributed by atoms with Crippen molar-refractivity contribution in [3.63, 3.8) is 0 Å². The molecular formula is C26H35FN3O11P. The Labute approximate surface area is 241 Å². The van der Waals surface area contributed by atoms with E-state index in [9.17, 15) is 28.1 Å². The average molecular weight is 616 g/mol. The molecule has 0 saturated carbocycles. The van der Waals surface area contributed by atoms with Gasteiger partial charge in [0.25, 0.3) is 5.56 Å². The van der Waals surface area contributed by atoms with Crippen LogP contribution in [0.3, 0.4) is 0 Å². The third kappa shape index (κ3) is 9.51. The lowest BCUT2D eigenvalue weighted by Crippen LogP contribution is -2.38. The fraction of sp³-hybridized carbons (Fsp3) is 0.538. The molecular weight excluding hydrogens is 580 g/mol. The fourth-order valence-electron chi connectivity index (χ4n) is 3.72. The van der Waals surface area contributed by atoms with E-state index in [2.05, 4.69) is 5.09 Å². The minimum Gasteiger partial charge on any atom is -0.462 e. The number of H-pyrrole nitrogens is 1. The van der Waals surface area contributed by atoms with E-state index >= 15 is 0 Å². The number of carbonyl (C=O) groups is 2. The summed E-state index contributed by atoms with van der Waals surface area (Å²) in [5.74, 6) is -1.80. The molecule has 232 valence electrons. The average Bonchev–Trinajstić information content (AvgIpc) is 3.26. The molecule has 2 N–H and O–H groups in total. The van der Waals surface area contributed by atoms with Crippen molar-refractivity contribution in [3.05, 3.63) is 63.2 Å². The summed E-state index contributed by atoms with van der Waals surface area (Å²) in [5.41, 5.74) is -3.09. The zero-order chi connectivity index (χ0) is 31.2. The summed E-state index contributed by atoms with van der Waals surface area (Å²) in [6.45, 7) is 9.04. The number of aromatic nitrogens is 2. The highest BCUT2D eigenvalue weighted by Crippen LogP contribution is 2.46. The molecule has 0 amide bonds. The standard InChI is InChI=1S/C26H35FN3O11P/c1-15(2)37-23(32)16(3)29-42(35,41-17-10-8-7-9-11-17)36-14-20-19(39-25(34)40-26(4,5)6)12-21(38-20)30-13-18(27)22(31)28-24(30)33/h7-11,13,15-16,19-21H,12,14H2,1-6H3,(H,29,35)(H,28,31,33)/t16-,19-,20+,21+,42-/m0/s1. The van der Waals surface area contributed by atoms with Gasteiger partial charge in [0.1, 0.15) is 35.8 Å². The van der Waals surface area contributed by atoms with Gasteiger partial charge in [-0.3, -0.25) is 23.7 Å². The Morgan fingerprint density at radius 1 is 1.19 bits per heavy atom. The van der Waals surface area contributed by atoms with Crippen molar-refractivity contribution in [1.29, 1.82) is 0 Å². The van der Waals surface area contributed by atoms with Crippen LogP contribution in [0.25, 0.3) is 0 Å². The van der Waals surface area contributed by atoms with Crippen molar-refractivity contribution in [2.75, 3.05) is 6.61 Å². The zero-order valence-corrected chi connectivity index (χ0v) is 24.9. The van der Waals surface area contributed by atoms with Crippen molar-refractivity contribution < 1.29 is 46.5 Å². The molecule has 1 fully saturated rings. The number of nitrogens with zero attached hydrogens (tertiary/aromatic N) is 1. The predicted octanol–water partition coefficient (Wildman–Crippen LogP) is 3.42.